The molecule has 13 heavy (non-hydrogen) atoms. The van der Waals surface area contributed by atoms with Crippen LogP contribution in [0.15, 0.2) is 0 Å². The Morgan fingerprint density at radius 1 is 1.38 bits per heavy atom. The van der Waals surface area contributed by atoms with Gasteiger partial charge in [-0.05, 0) is 25.8 Å². The zero-order chi connectivity index (χ0) is 10.5. The minimum absolute atomic E-state index is 0.478. The van der Waals surface area contributed by atoms with E-state index in [1.54, 1.807) is 0 Å². The summed E-state index contributed by atoms with van der Waals surface area (Å²) >= 11 is 0. The maximum absolute atomic E-state index is 13.8. The Balaban J connectivity index is 0.000000671. The van der Waals surface area contributed by atoms with Gasteiger partial charge in [-0.2, -0.15) is 0 Å². The van der Waals surface area contributed by atoms with Crippen LogP contribution in [0.25, 0.3) is 0 Å². The normalized spacial score (nSPS) is 28.8. The topological polar surface area (TPSA) is 3.24 Å². The molecule has 0 spiro atoms. The monoisotopic (exact) mass is 189 g/mol. The average Bonchev–Trinajstić information content (AvgIpc) is 2.33. The highest BCUT2D eigenvalue weighted by Crippen LogP contribution is 2.30. The molecule has 1 rings (SSSR count). The van der Waals surface area contributed by atoms with Crippen molar-refractivity contribution in [2.45, 2.75) is 46.2 Å². The first kappa shape index (κ1) is 12.9. The van der Waals surface area contributed by atoms with Gasteiger partial charge in [-0.3, -0.25) is 0 Å². The minimum atomic E-state index is -0.886. The molecule has 0 N–H and O–H groups in total. The molecule has 1 atom stereocenters. The molecule has 1 saturated heterocycles. The van der Waals surface area contributed by atoms with Crippen LogP contribution in [0.3, 0.4) is 0 Å². The summed E-state index contributed by atoms with van der Waals surface area (Å²) in [5.74, 6) is 0.478. The molecule has 1 aliphatic heterocycles. The third-order valence-electron chi connectivity index (χ3n) is 2.27. The van der Waals surface area contributed by atoms with Gasteiger partial charge in [0, 0.05) is 13.1 Å². The number of hydrogen-bond donors (Lipinski definition) is 0. The number of rotatable bonds is 2. The fourth-order valence-corrected chi connectivity index (χ4v) is 1.93. The highest BCUT2D eigenvalue weighted by molar-refractivity contribution is 4.89. The maximum Gasteiger partial charge on any atom is 0.125 e. The molecule has 0 aromatic carbocycles. The minimum Gasteiger partial charge on any atom is -0.303 e. The second-order valence-electron chi connectivity index (χ2n) is 4.24. The summed E-state index contributed by atoms with van der Waals surface area (Å²) in [4.78, 5) is 2.07. The van der Waals surface area contributed by atoms with Gasteiger partial charge in [-0.15, -0.1) is 0 Å². The third-order valence-corrected chi connectivity index (χ3v) is 2.27. The molecule has 1 unspecified atom stereocenters. The van der Waals surface area contributed by atoms with E-state index in [2.05, 4.69) is 18.7 Å². The lowest BCUT2D eigenvalue weighted by Gasteiger charge is -2.21. The molecule has 1 aliphatic rings. The Morgan fingerprint density at radius 2 is 1.92 bits per heavy atom. The van der Waals surface area contributed by atoms with E-state index >= 15 is 0 Å². The van der Waals surface area contributed by atoms with E-state index < -0.39 is 5.67 Å². The second kappa shape index (κ2) is 5.58. The summed E-state index contributed by atoms with van der Waals surface area (Å²) in [7, 11) is 1.99. The molecule has 1 nitrogen and oxygen atoms in total. The lowest BCUT2D eigenvalue weighted by molar-refractivity contribution is 0.141. The largest absolute Gasteiger partial charge is 0.303 e. The first-order chi connectivity index (χ1) is 6.02. The molecule has 2 heteroatoms. The van der Waals surface area contributed by atoms with E-state index in [1.807, 2.05) is 20.9 Å². The number of likely N-dealkylation sites (tertiary alicyclic amines) is 1. The van der Waals surface area contributed by atoms with Crippen molar-refractivity contribution in [2.75, 3.05) is 20.1 Å². The summed E-state index contributed by atoms with van der Waals surface area (Å²) < 4.78 is 13.8. The second-order valence-corrected chi connectivity index (χ2v) is 4.24. The van der Waals surface area contributed by atoms with E-state index in [9.17, 15) is 4.39 Å². The van der Waals surface area contributed by atoms with Gasteiger partial charge in [0.25, 0.3) is 0 Å². The molecule has 80 valence electrons. The molecule has 1 heterocycles. The lowest BCUT2D eigenvalue weighted by atomic mass is 9.93. The van der Waals surface area contributed by atoms with Crippen LogP contribution >= 0.6 is 0 Å². The van der Waals surface area contributed by atoms with Crippen molar-refractivity contribution in [1.29, 1.82) is 0 Å². The highest BCUT2D eigenvalue weighted by atomic mass is 19.1. The Labute approximate surface area is 82.3 Å². The van der Waals surface area contributed by atoms with Gasteiger partial charge in [0.2, 0.25) is 0 Å². The predicted molar refractivity (Wildman–Crippen MR) is 56.8 cm³/mol. The van der Waals surface area contributed by atoms with Crippen molar-refractivity contribution in [2.24, 2.45) is 5.92 Å². The van der Waals surface area contributed by atoms with Crippen molar-refractivity contribution >= 4 is 0 Å². The van der Waals surface area contributed by atoms with E-state index in [1.165, 1.54) is 0 Å². The van der Waals surface area contributed by atoms with Gasteiger partial charge < -0.3 is 4.90 Å². The summed E-state index contributed by atoms with van der Waals surface area (Å²) in [5, 5.41) is 0. The zero-order valence-electron chi connectivity index (χ0n) is 9.73. The fraction of sp³-hybridized carbons (Fsp3) is 1.00. The van der Waals surface area contributed by atoms with Crippen LogP contribution in [-0.2, 0) is 0 Å². The Kier molecular flexibility index (Phi) is 5.54. The molecule has 0 aliphatic carbocycles. The number of hydrogen-bond acceptors (Lipinski definition) is 1. The van der Waals surface area contributed by atoms with Crippen LogP contribution < -0.4 is 0 Å². The average molecular weight is 189 g/mol. The molecule has 0 saturated carbocycles. The smallest absolute Gasteiger partial charge is 0.125 e. The van der Waals surface area contributed by atoms with Crippen LogP contribution in [0.5, 0.6) is 0 Å². The zero-order valence-corrected chi connectivity index (χ0v) is 9.73. The number of nitrogens with zero attached hydrogens (tertiary/aromatic N) is 1. The molecule has 0 bridgehead atoms. The third kappa shape index (κ3) is 4.61. The van der Waals surface area contributed by atoms with Gasteiger partial charge in [-0.1, -0.05) is 27.7 Å². The highest BCUT2D eigenvalue weighted by Gasteiger charge is 2.36. The van der Waals surface area contributed by atoms with Crippen LogP contribution in [0, 0.1) is 5.92 Å². The van der Waals surface area contributed by atoms with Crippen LogP contribution in [0.4, 0.5) is 4.39 Å². The Morgan fingerprint density at radius 3 is 2.23 bits per heavy atom. The van der Waals surface area contributed by atoms with Crippen molar-refractivity contribution < 1.29 is 4.39 Å². The quantitative estimate of drug-likeness (QED) is 0.645. The fourth-order valence-electron chi connectivity index (χ4n) is 1.93. The molecule has 0 amide bonds. The van der Waals surface area contributed by atoms with Crippen molar-refractivity contribution in [3.8, 4) is 0 Å². The first-order valence-corrected chi connectivity index (χ1v) is 5.39. The van der Waals surface area contributed by atoms with Gasteiger partial charge in [0.15, 0.2) is 0 Å². The predicted octanol–water partition coefficient (Wildman–Crippen LogP) is 3.10. The molecule has 1 fully saturated rings. The van der Waals surface area contributed by atoms with Crippen molar-refractivity contribution in [1.82, 2.24) is 4.90 Å². The first-order valence-electron chi connectivity index (χ1n) is 5.39. The van der Waals surface area contributed by atoms with E-state index in [4.69, 9.17) is 0 Å². The van der Waals surface area contributed by atoms with Crippen molar-refractivity contribution in [3.63, 3.8) is 0 Å². The van der Waals surface area contributed by atoms with Gasteiger partial charge >= 0.3 is 0 Å². The molecular weight excluding hydrogens is 165 g/mol. The Hall–Kier alpha value is -0.110. The van der Waals surface area contributed by atoms with E-state index in [-0.39, 0.29) is 0 Å². The summed E-state index contributed by atoms with van der Waals surface area (Å²) in [6, 6.07) is 0. The Bertz CT molecular complexity index is 136. The maximum atomic E-state index is 13.8. The lowest BCUT2D eigenvalue weighted by Crippen LogP contribution is -2.28. The SMILES string of the molecule is CC.CC(C)CC1(F)CCN(C)C1. The van der Waals surface area contributed by atoms with Crippen LogP contribution in [0.2, 0.25) is 0 Å². The van der Waals surface area contributed by atoms with Crippen molar-refractivity contribution in [3.05, 3.63) is 0 Å². The number of halogens is 1. The van der Waals surface area contributed by atoms with Gasteiger partial charge in [0.05, 0.1) is 0 Å². The van der Waals surface area contributed by atoms with Gasteiger partial charge in [0.1, 0.15) is 5.67 Å². The molecule has 0 aromatic rings. The molecular formula is C11H24FN. The van der Waals surface area contributed by atoms with Crippen LogP contribution in [0.1, 0.15) is 40.5 Å². The molecule has 0 radical (unpaired) electrons. The summed E-state index contributed by atoms with van der Waals surface area (Å²) in [6.07, 6.45) is 1.44. The van der Waals surface area contributed by atoms with Gasteiger partial charge in [-0.25, -0.2) is 4.39 Å². The standard InChI is InChI=1S/C9H18FN.C2H6/c1-8(2)6-9(10)4-5-11(3)7-9;1-2/h8H,4-7H2,1-3H3;1-2H3. The molecule has 0 aromatic heterocycles. The van der Waals surface area contributed by atoms with E-state index in [0.717, 1.165) is 19.4 Å². The van der Waals surface area contributed by atoms with Crippen LogP contribution in [-0.4, -0.2) is 30.7 Å². The number of alkyl halides is 1. The summed E-state index contributed by atoms with van der Waals surface area (Å²) in [6.45, 7) is 9.72. The van der Waals surface area contributed by atoms with E-state index in [0.29, 0.717) is 12.5 Å². The summed E-state index contributed by atoms with van der Waals surface area (Å²) in [5.41, 5.74) is -0.886.